The van der Waals surface area contributed by atoms with Crippen LogP contribution in [0.4, 0.5) is 5.69 Å². The van der Waals surface area contributed by atoms with Crippen LogP contribution in [-0.2, 0) is 0 Å². The Morgan fingerprint density at radius 3 is 2.60 bits per heavy atom. The number of nitriles is 1. The topological polar surface area (TPSA) is 45.0 Å². The van der Waals surface area contributed by atoms with Gasteiger partial charge in [-0.05, 0) is 55.8 Å². The van der Waals surface area contributed by atoms with Gasteiger partial charge < -0.3 is 10.1 Å². The molecule has 0 aliphatic rings. The highest BCUT2D eigenvalue weighted by atomic mass is 16.5. The molecule has 0 aliphatic heterocycles. The summed E-state index contributed by atoms with van der Waals surface area (Å²) in [6, 6.07) is 17.8. The molecule has 0 aliphatic carbocycles. The smallest absolute Gasteiger partial charge is 0.119 e. The molecule has 3 heteroatoms. The highest BCUT2D eigenvalue weighted by Gasteiger charge is 2.06. The molecule has 1 unspecified atom stereocenters. The van der Waals surface area contributed by atoms with E-state index in [1.165, 1.54) is 0 Å². The first-order valence-corrected chi connectivity index (χ1v) is 6.72. The minimum absolute atomic E-state index is 0.140. The maximum Gasteiger partial charge on any atom is 0.119 e. The SMILES string of the molecule is CCOc1ccc(NC(C)c2cccc(C#N)c2)cc1. The molecule has 0 fully saturated rings. The van der Waals surface area contributed by atoms with Crippen LogP contribution in [0, 0.1) is 11.3 Å². The normalized spacial score (nSPS) is 11.4. The number of ether oxygens (including phenoxy) is 1. The van der Waals surface area contributed by atoms with Crippen LogP contribution in [0.3, 0.4) is 0 Å². The van der Waals surface area contributed by atoms with Crippen molar-refractivity contribution in [3.63, 3.8) is 0 Å². The molecule has 0 bridgehead atoms. The summed E-state index contributed by atoms with van der Waals surface area (Å²) in [5, 5.41) is 12.3. The molecule has 3 nitrogen and oxygen atoms in total. The first kappa shape index (κ1) is 14.0. The monoisotopic (exact) mass is 266 g/mol. The second-order valence-corrected chi connectivity index (χ2v) is 4.56. The van der Waals surface area contributed by atoms with Crippen LogP contribution in [0.5, 0.6) is 5.75 Å². The first-order chi connectivity index (χ1) is 9.72. The maximum absolute atomic E-state index is 8.93. The van der Waals surface area contributed by atoms with Crippen LogP contribution in [0.2, 0.25) is 0 Å². The van der Waals surface area contributed by atoms with Crippen molar-refractivity contribution in [2.24, 2.45) is 0 Å². The van der Waals surface area contributed by atoms with Crippen molar-refractivity contribution in [2.75, 3.05) is 11.9 Å². The summed E-state index contributed by atoms with van der Waals surface area (Å²) < 4.78 is 5.42. The lowest BCUT2D eigenvalue weighted by Crippen LogP contribution is -2.06. The van der Waals surface area contributed by atoms with Crippen LogP contribution < -0.4 is 10.1 Å². The summed E-state index contributed by atoms with van der Waals surface area (Å²) in [6.45, 7) is 4.72. The van der Waals surface area contributed by atoms with Gasteiger partial charge in [-0.1, -0.05) is 12.1 Å². The number of anilines is 1. The van der Waals surface area contributed by atoms with E-state index >= 15 is 0 Å². The fourth-order valence-electron chi connectivity index (χ4n) is 2.02. The Hall–Kier alpha value is -2.47. The van der Waals surface area contributed by atoms with Gasteiger partial charge in [0.25, 0.3) is 0 Å². The summed E-state index contributed by atoms with van der Waals surface area (Å²) in [6.07, 6.45) is 0. The van der Waals surface area contributed by atoms with Crippen LogP contribution in [0.15, 0.2) is 48.5 Å². The van der Waals surface area contributed by atoms with Crippen LogP contribution in [0.1, 0.15) is 31.0 Å². The zero-order valence-corrected chi connectivity index (χ0v) is 11.8. The minimum Gasteiger partial charge on any atom is -0.494 e. The van der Waals surface area contributed by atoms with Gasteiger partial charge in [-0.2, -0.15) is 5.26 Å². The number of nitrogens with zero attached hydrogens (tertiary/aromatic N) is 1. The van der Waals surface area contributed by atoms with E-state index < -0.39 is 0 Å². The molecule has 20 heavy (non-hydrogen) atoms. The molecule has 0 spiro atoms. The number of rotatable bonds is 5. The number of nitrogens with one attached hydrogen (secondary N) is 1. The second kappa shape index (κ2) is 6.63. The van der Waals surface area contributed by atoms with E-state index in [1.54, 1.807) is 0 Å². The van der Waals surface area contributed by atoms with Gasteiger partial charge in [-0.15, -0.1) is 0 Å². The number of benzene rings is 2. The lowest BCUT2D eigenvalue weighted by Gasteiger charge is -2.16. The fourth-order valence-corrected chi connectivity index (χ4v) is 2.02. The highest BCUT2D eigenvalue weighted by molar-refractivity contribution is 5.48. The molecular weight excluding hydrogens is 248 g/mol. The maximum atomic E-state index is 8.93. The quantitative estimate of drug-likeness (QED) is 0.885. The average Bonchev–Trinajstić information content (AvgIpc) is 2.49. The molecule has 102 valence electrons. The molecule has 0 heterocycles. The summed E-state index contributed by atoms with van der Waals surface area (Å²) in [4.78, 5) is 0. The van der Waals surface area contributed by atoms with Crippen molar-refractivity contribution >= 4 is 5.69 Å². The van der Waals surface area contributed by atoms with Gasteiger partial charge in [0.05, 0.1) is 18.2 Å². The standard InChI is InChI=1S/C17H18N2O/c1-3-20-17-9-7-16(8-10-17)19-13(2)15-6-4-5-14(11-15)12-18/h4-11,13,19H,3H2,1-2H3. The second-order valence-electron chi connectivity index (χ2n) is 4.56. The van der Waals surface area contributed by atoms with Gasteiger partial charge in [0.1, 0.15) is 5.75 Å². The Morgan fingerprint density at radius 1 is 1.20 bits per heavy atom. The van der Waals surface area contributed by atoms with Gasteiger partial charge in [0, 0.05) is 11.7 Å². The zero-order chi connectivity index (χ0) is 14.4. The zero-order valence-electron chi connectivity index (χ0n) is 11.8. The van der Waals surface area contributed by atoms with Gasteiger partial charge in [0.2, 0.25) is 0 Å². The lowest BCUT2D eigenvalue weighted by atomic mass is 10.1. The fraction of sp³-hybridized carbons (Fsp3) is 0.235. The first-order valence-electron chi connectivity index (χ1n) is 6.72. The lowest BCUT2D eigenvalue weighted by molar-refractivity contribution is 0.340. The predicted molar refractivity (Wildman–Crippen MR) is 80.8 cm³/mol. The largest absolute Gasteiger partial charge is 0.494 e. The molecule has 1 N–H and O–H groups in total. The summed E-state index contributed by atoms with van der Waals surface area (Å²) in [5.41, 5.74) is 2.81. The highest BCUT2D eigenvalue weighted by Crippen LogP contribution is 2.22. The summed E-state index contributed by atoms with van der Waals surface area (Å²) in [5.74, 6) is 0.872. The van der Waals surface area contributed by atoms with Crippen molar-refractivity contribution in [1.82, 2.24) is 0 Å². The Labute approximate surface area is 119 Å². The Kier molecular flexibility index (Phi) is 4.62. The van der Waals surface area contributed by atoms with Crippen molar-refractivity contribution in [3.05, 3.63) is 59.7 Å². The van der Waals surface area contributed by atoms with Gasteiger partial charge in [-0.25, -0.2) is 0 Å². The van der Waals surface area contributed by atoms with Gasteiger partial charge >= 0.3 is 0 Å². The third-order valence-electron chi connectivity index (χ3n) is 3.06. The molecular formula is C17H18N2O. The molecule has 0 saturated heterocycles. The Balaban J connectivity index is 2.07. The molecule has 2 aromatic rings. The van der Waals surface area contributed by atoms with E-state index in [0.29, 0.717) is 12.2 Å². The van der Waals surface area contributed by atoms with Crippen molar-refractivity contribution in [3.8, 4) is 11.8 Å². The molecule has 1 atom stereocenters. The van der Waals surface area contributed by atoms with E-state index in [-0.39, 0.29) is 6.04 Å². The van der Waals surface area contributed by atoms with E-state index in [9.17, 15) is 0 Å². The molecule has 2 aromatic carbocycles. The van der Waals surface area contributed by atoms with Crippen molar-refractivity contribution < 1.29 is 4.74 Å². The Bertz CT molecular complexity index is 599. The van der Waals surface area contributed by atoms with Crippen LogP contribution in [-0.4, -0.2) is 6.61 Å². The molecule has 0 radical (unpaired) electrons. The Morgan fingerprint density at radius 2 is 1.95 bits per heavy atom. The van der Waals surface area contributed by atoms with Crippen LogP contribution in [0.25, 0.3) is 0 Å². The average molecular weight is 266 g/mol. The van der Waals surface area contributed by atoms with E-state index in [4.69, 9.17) is 10.00 Å². The summed E-state index contributed by atoms with van der Waals surface area (Å²) >= 11 is 0. The third kappa shape index (κ3) is 3.52. The third-order valence-corrected chi connectivity index (χ3v) is 3.06. The number of hydrogen-bond donors (Lipinski definition) is 1. The van der Waals surface area contributed by atoms with E-state index in [1.807, 2.05) is 55.5 Å². The van der Waals surface area contributed by atoms with Crippen molar-refractivity contribution in [2.45, 2.75) is 19.9 Å². The van der Waals surface area contributed by atoms with E-state index in [0.717, 1.165) is 17.0 Å². The molecule has 0 saturated carbocycles. The van der Waals surface area contributed by atoms with E-state index in [2.05, 4.69) is 18.3 Å². The molecule has 0 amide bonds. The molecule has 2 rings (SSSR count). The van der Waals surface area contributed by atoms with Gasteiger partial charge in [0.15, 0.2) is 0 Å². The predicted octanol–water partition coefficient (Wildman–Crippen LogP) is 4.13. The number of hydrogen-bond acceptors (Lipinski definition) is 3. The van der Waals surface area contributed by atoms with Gasteiger partial charge in [-0.3, -0.25) is 0 Å². The minimum atomic E-state index is 0.140. The molecule has 0 aromatic heterocycles. The van der Waals surface area contributed by atoms with Crippen molar-refractivity contribution in [1.29, 1.82) is 5.26 Å². The summed E-state index contributed by atoms with van der Waals surface area (Å²) in [7, 11) is 0. The van der Waals surface area contributed by atoms with Crippen LogP contribution >= 0.6 is 0 Å².